The minimum Gasteiger partial charge on any atom is -0.352 e. The molecule has 2 aromatic rings. The summed E-state index contributed by atoms with van der Waals surface area (Å²) < 4.78 is 0. The fraction of sp³-hybridized carbons (Fsp3) is 0.481. The molecule has 168 valence electrons. The van der Waals surface area contributed by atoms with E-state index < -0.39 is 0 Å². The van der Waals surface area contributed by atoms with E-state index in [1.165, 1.54) is 55.6 Å². The third-order valence-electron chi connectivity index (χ3n) is 7.34. The first kappa shape index (κ1) is 24.8. The highest BCUT2D eigenvalue weighted by atomic mass is 16.1. The van der Waals surface area contributed by atoms with Crippen molar-refractivity contribution in [1.82, 2.24) is 5.32 Å². The molecule has 0 saturated heterocycles. The predicted octanol–water partition coefficient (Wildman–Crippen LogP) is 4.60. The lowest BCUT2D eigenvalue weighted by atomic mass is 9.86. The number of nitrogens with two attached hydrogens (primary N) is 1. The molecule has 1 amide bonds. The van der Waals surface area contributed by atoms with Gasteiger partial charge >= 0.3 is 0 Å². The number of amides is 1. The van der Waals surface area contributed by atoms with Crippen molar-refractivity contribution in [3.8, 4) is 0 Å². The molecule has 3 N–H and O–H groups in total. The molecule has 4 heteroatoms. The van der Waals surface area contributed by atoms with E-state index in [4.69, 9.17) is 5.73 Å². The highest BCUT2D eigenvalue weighted by molar-refractivity contribution is 5.82. The SMILES string of the molecule is CC(=O)Cc1c(C)c(C)c(C)c(C)c1CN.Cc1c(C)c(C)c2c(c1C)CNC(=O)C2. The number of carbonyl (C=O) groups excluding carboxylic acids is 2. The van der Waals surface area contributed by atoms with Crippen LogP contribution in [-0.2, 0) is 35.5 Å². The van der Waals surface area contributed by atoms with Gasteiger partial charge in [-0.1, -0.05) is 0 Å². The lowest BCUT2D eigenvalue weighted by Gasteiger charge is -2.24. The van der Waals surface area contributed by atoms with Crippen LogP contribution >= 0.6 is 0 Å². The molecule has 0 atom stereocenters. The Labute approximate surface area is 187 Å². The smallest absolute Gasteiger partial charge is 0.224 e. The van der Waals surface area contributed by atoms with Crippen LogP contribution in [0, 0.1) is 55.4 Å². The van der Waals surface area contributed by atoms with Crippen molar-refractivity contribution in [2.24, 2.45) is 5.73 Å². The zero-order valence-electron chi connectivity index (χ0n) is 20.7. The first-order valence-corrected chi connectivity index (χ1v) is 11.0. The Morgan fingerprint density at radius 2 is 1.19 bits per heavy atom. The summed E-state index contributed by atoms with van der Waals surface area (Å²) in [6, 6.07) is 0. The van der Waals surface area contributed by atoms with Crippen LogP contribution in [0.25, 0.3) is 0 Å². The quantitative estimate of drug-likeness (QED) is 0.759. The average molecular weight is 423 g/mol. The third kappa shape index (κ3) is 4.90. The summed E-state index contributed by atoms with van der Waals surface area (Å²) in [6.07, 6.45) is 1.05. The first-order chi connectivity index (χ1) is 14.4. The standard InChI is InChI=1S/C14H21NO.C13H17NO/c1-8(16)6-13-11(4)9(2)10(3)12(5)14(13)7-15;1-7-8(2)10(4)12-6-14-13(15)5-11(12)9(7)3/h6-7,15H2,1-5H3;5-6H2,1-4H3,(H,14,15). The summed E-state index contributed by atoms with van der Waals surface area (Å²) in [6.45, 7) is 19.8. The Kier molecular flexibility index (Phi) is 7.82. The Morgan fingerprint density at radius 3 is 1.68 bits per heavy atom. The molecule has 1 heterocycles. The van der Waals surface area contributed by atoms with E-state index in [0.717, 1.165) is 11.1 Å². The second-order valence-corrected chi connectivity index (χ2v) is 8.95. The molecule has 0 spiro atoms. The van der Waals surface area contributed by atoms with Crippen LogP contribution in [0.15, 0.2) is 0 Å². The highest BCUT2D eigenvalue weighted by Crippen LogP contribution is 2.29. The normalized spacial score (nSPS) is 12.6. The lowest BCUT2D eigenvalue weighted by Crippen LogP contribution is -2.32. The zero-order chi connectivity index (χ0) is 23.6. The second-order valence-electron chi connectivity index (χ2n) is 8.95. The van der Waals surface area contributed by atoms with Crippen molar-refractivity contribution < 1.29 is 9.59 Å². The van der Waals surface area contributed by atoms with E-state index in [1.807, 2.05) is 0 Å². The van der Waals surface area contributed by atoms with Crippen LogP contribution < -0.4 is 11.1 Å². The highest BCUT2D eigenvalue weighted by Gasteiger charge is 2.21. The van der Waals surface area contributed by atoms with E-state index >= 15 is 0 Å². The molecule has 0 aromatic heterocycles. The van der Waals surface area contributed by atoms with Gasteiger partial charge in [0.05, 0.1) is 6.42 Å². The van der Waals surface area contributed by atoms with Crippen molar-refractivity contribution in [3.05, 3.63) is 66.8 Å². The minimum atomic E-state index is 0.147. The van der Waals surface area contributed by atoms with Crippen molar-refractivity contribution >= 4 is 11.7 Å². The summed E-state index contributed by atoms with van der Waals surface area (Å²) in [5.41, 5.74) is 21.0. The summed E-state index contributed by atoms with van der Waals surface area (Å²) in [4.78, 5) is 22.7. The van der Waals surface area contributed by atoms with E-state index in [0.29, 0.717) is 25.9 Å². The van der Waals surface area contributed by atoms with Gasteiger partial charge < -0.3 is 11.1 Å². The molecule has 0 fully saturated rings. The summed E-state index contributed by atoms with van der Waals surface area (Å²) in [5, 5.41) is 2.91. The van der Waals surface area contributed by atoms with Crippen LogP contribution in [0.5, 0.6) is 0 Å². The molecule has 1 aliphatic rings. The van der Waals surface area contributed by atoms with Gasteiger partial charge in [0.25, 0.3) is 0 Å². The fourth-order valence-electron chi connectivity index (χ4n) is 4.59. The number of hydrogen-bond donors (Lipinski definition) is 2. The van der Waals surface area contributed by atoms with Gasteiger partial charge in [0, 0.05) is 19.5 Å². The number of rotatable bonds is 3. The van der Waals surface area contributed by atoms with Crippen LogP contribution in [-0.4, -0.2) is 11.7 Å². The van der Waals surface area contributed by atoms with Gasteiger partial charge in [0.1, 0.15) is 5.78 Å². The van der Waals surface area contributed by atoms with Gasteiger partial charge in [0.15, 0.2) is 0 Å². The molecule has 0 unspecified atom stereocenters. The molecule has 1 aliphatic heterocycles. The minimum absolute atomic E-state index is 0.147. The first-order valence-electron chi connectivity index (χ1n) is 11.0. The Bertz CT molecular complexity index is 1050. The predicted molar refractivity (Wildman–Crippen MR) is 129 cm³/mol. The number of fused-ring (bicyclic) bond motifs is 1. The van der Waals surface area contributed by atoms with E-state index in [2.05, 4.69) is 60.7 Å². The van der Waals surface area contributed by atoms with Gasteiger partial charge in [-0.2, -0.15) is 0 Å². The average Bonchev–Trinajstić information content (AvgIpc) is 2.73. The molecular weight excluding hydrogens is 384 g/mol. The molecule has 4 nitrogen and oxygen atoms in total. The number of hydrogen-bond acceptors (Lipinski definition) is 3. The van der Waals surface area contributed by atoms with Gasteiger partial charge in [0.2, 0.25) is 5.91 Å². The van der Waals surface area contributed by atoms with Crippen LogP contribution in [0.3, 0.4) is 0 Å². The van der Waals surface area contributed by atoms with Crippen LogP contribution in [0.1, 0.15) is 73.7 Å². The summed E-state index contributed by atoms with van der Waals surface area (Å²) >= 11 is 0. The third-order valence-corrected chi connectivity index (χ3v) is 7.34. The van der Waals surface area contributed by atoms with E-state index in [1.54, 1.807) is 6.92 Å². The molecule has 0 aliphatic carbocycles. The molecule has 31 heavy (non-hydrogen) atoms. The zero-order valence-corrected chi connectivity index (χ0v) is 20.7. The summed E-state index contributed by atoms with van der Waals surface area (Å²) in [7, 11) is 0. The number of ketones is 1. The Morgan fingerprint density at radius 1 is 0.742 bits per heavy atom. The monoisotopic (exact) mass is 422 g/mol. The summed E-state index contributed by atoms with van der Waals surface area (Å²) in [5.74, 6) is 0.341. The van der Waals surface area contributed by atoms with Gasteiger partial charge in [-0.3, -0.25) is 9.59 Å². The maximum atomic E-state index is 11.4. The van der Waals surface area contributed by atoms with Crippen LogP contribution in [0.4, 0.5) is 0 Å². The Hall–Kier alpha value is -2.46. The van der Waals surface area contributed by atoms with Gasteiger partial charge in [-0.15, -0.1) is 0 Å². The van der Waals surface area contributed by atoms with Crippen LogP contribution in [0.2, 0.25) is 0 Å². The van der Waals surface area contributed by atoms with Gasteiger partial charge in [-0.25, -0.2) is 0 Å². The maximum Gasteiger partial charge on any atom is 0.224 e. The van der Waals surface area contributed by atoms with E-state index in [9.17, 15) is 9.59 Å². The topological polar surface area (TPSA) is 72.2 Å². The van der Waals surface area contributed by atoms with Gasteiger partial charge in [-0.05, 0) is 129 Å². The molecular formula is C27H38N2O2. The van der Waals surface area contributed by atoms with Crippen molar-refractivity contribution in [3.63, 3.8) is 0 Å². The number of benzene rings is 2. The Balaban J connectivity index is 0.000000220. The maximum absolute atomic E-state index is 11.4. The van der Waals surface area contributed by atoms with Crippen molar-refractivity contribution in [2.45, 2.75) is 88.2 Å². The van der Waals surface area contributed by atoms with E-state index in [-0.39, 0.29) is 11.7 Å². The molecule has 0 bridgehead atoms. The lowest BCUT2D eigenvalue weighted by molar-refractivity contribution is -0.121. The van der Waals surface area contributed by atoms with Crippen molar-refractivity contribution in [1.29, 1.82) is 0 Å². The molecule has 3 rings (SSSR count). The largest absolute Gasteiger partial charge is 0.352 e. The number of Topliss-reactive ketones (excluding diaryl/α,β-unsaturated/α-hetero) is 1. The molecule has 2 aromatic carbocycles. The second kappa shape index (κ2) is 9.78. The fourth-order valence-corrected chi connectivity index (χ4v) is 4.59. The number of carbonyl (C=O) groups is 2. The molecule has 0 radical (unpaired) electrons. The number of nitrogens with one attached hydrogen (secondary N) is 1. The molecule has 0 saturated carbocycles. The van der Waals surface area contributed by atoms with Crippen molar-refractivity contribution in [2.75, 3.05) is 0 Å².